The molecule has 0 radical (unpaired) electrons. The maximum Gasteiger partial charge on any atom is 0.317 e. The molecule has 4 rings (SSSR count). The van der Waals surface area contributed by atoms with Crippen molar-refractivity contribution in [3.05, 3.63) is 17.5 Å². The minimum absolute atomic E-state index is 0.0800. The van der Waals surface area contributed by atoms with Crippen molar-refractivity contribution in [2.75, 3.05) is 40.0 Å². The second-order valence-electron chi connectivity index (χ2n) is 7.84. The number of hydrogen-bond donors (Lipinski definition) is 1. The Morgan fingerprint density at radius 1 is 1.32 bits per heavy atom. The third kappa shape index (κ3) is 4.30. The number of likely N-dealkylation sites (N-methyl/N-ethyl adjacent to an activating group) is 1. The Kier molecular flexibility index (Phi) is 5.82. The molecule has 3 amide bonds. The molecule has 2 aliphatic heterocycles. The average molecular weight is 391 g/mol. The number of aromatic nitrogens is 2. The number of carbonyl (C=O) groups is 2. The molecule has 1 saturated carbocycles. The maximum absolute atomic E-state index is 12.5. The molecular weight excluding hydrogens is 362 g/mol. The van der Waals surface area contributed by atoms with Crippen LogP contribution >= 0.6 is 0 Å². The van der Waals surface area contributed by atoms with Gasteiger partial charge in [0.05, 0.1) is 63.5 Å². The number of rotatable bonds is 5. The zero-order chi connectivity index (χ0) is 19.5. The Bertz CT molecular complexity index is 711. The highest BCUT2D eigenvalue weighted by Crippen LogP contribution is 2.29. The number of urea groups is 1. The van der Waals surface area contributed by atoms with E-state index in [4.69, 9.17) is 9.47 Å². The van der Waals surface area contributed by atoms with Crippen LogP contribution in [0.25, 0.3) is 0 Å². The lowest BCUT2D eigenvalue weighted by Gasteiger charge is -2.34. The zero-order valence-electron chi connectivity index (χ0n) is 16.4. The summed E-state index contributed by atoms with van der Waals surface area (Å²) in [6.07, 6.45) is 3.14. The lowest BCUT2D eigenvalue weighted by Crippen LogP contribution is -2.44. The Morgan fingerprint density at radius 2 is 2.18 bits per heavy atom. The molecule has 9 nitrogen and oxygen atoms in total. The minimum atomic E-state index is -0.165. The summed E-state index contributed by atoms with van der Waals surface area (Å²) in [6.45, 7) is 4.58. The number of hydrogen-bond acceptors (Lipinski definition) is 5. The predicted octanol–water partition coefficient (Wildman–Crippen LogP) is 0.582. The fraction of sp³-hybridized carbons (Fsp3) is 0.737. The van der Waals surface area contributed by atoms with Gasteiger partial charge in [0.2, 0.25) is 5.91 Å². The van der Waals surface area contributed by atoms with Crippen LogP contribution in [0.1, 0.15) is 30.7 Å². The van der Waals surface area contributed by atoms with Crippen LogP contribution in [0.4, 0.5) is 4.79 Å². The molecule has 1 atom stereocenters. The van der Waals surface area contributed by atoms with E-state index in [9.17, 15) is 9.59 Å². The molecule has 0 unspecified atom stereocenters. The van der Waals surface area contributed by atoms with Crippen LogP contribution in [0.5, 0.6) is 0 Å². The van der Waals surface area contributed by atoms with Crippen LogP contribution < -0.4 is 5.32 Å². The first-order valence-electron chi connectivity index (χ1n) is 10.1. The van der Waals surface area contributed by atoms with Crippen molar-refractivity contribution in [3.63, 3.8) is 0 Å². The monoisotopic (exact) mass is 391 g/mol. The molecule has 3 heterocycles. The van der Waals surface area contributed by atoms with E-state index in [2.05, 4.69) is 10.4 Å². The predicted molar refractivity (Wildman–Crippen MR) is 100 cm³/mol. The molecular formula is C19H29N5O4. The summed E-state index contributed by atoms with van der Waals surface area (Å²) in [4.78, 5) is 28.3. The van der Waals surface area contributed by atoms with Gasteiger partial charge in [-0.3, -0.25) is 9.48 Å². The topological polar surface area (TPSA) is 88.9 Å². The van der Waals surface area contributed by atoms with E-state index >= 15 is 0 Å². The van der Waals surface area contributed by atoms with E-state index < -0.39 is 0 Å². The van der Waals surface area contributed by atoms with Crippen molar-refractivity contribution in [2.24, 2.45) is 5.92 Å². The third-order valence-electron chi connectivity index (χ3n) is 5.74. The van der Waals surface area contributed by atoms with Crippen molar-refractivity contribution in [1.82, 2.24) is 24.9 Å². The molecule has 1 saturated heterocycles. The van der Waals surface area contributed by atoms with Crippen LogP contribution in [-0.2, 0) is 33.9 Å². The second kappa shape index (κ2) is 8.48. The van der Waals surface area contributed by atoms with Gasteiger partial charge in [-0.15, -0.1) is 0 Å². The number of nitrogens with one attached hydrogen (secondary N) is 1. The van der Waals surface area contributed by atoms with Crippen LogP contribution in [0.2, 0.25) is 0 Å². The number of amides is 3. The van der Waals surface area contributed by atoms with Gasteiger partial charge < -0.3 is 24.6 Å². The van der Waals surface area contributed by atoms with Crippen molar-refractivity contribution in [3.8, 4) is 0 Å². The first kappa shape index (κ1) is 19.2. The molecule has 9 heteroatoms. The normalized spacial score (nSPS) is 22.3. The Labute approximate surface area is 164 Å². The van der Waals surface area contributed by atoms with E-state index in [0.29, 0.717) is 52.5 Å². The zero-order valence-corrected chi connectivity index (χ0v) is 16.4. The van der Waals surface area contributed by atoms with Gasteiger partial charge in [0, 0.05) is 19.5 Å². The van der Waals surface area contributed by atoms with Gasteiger partial charge >= 0.3 is 6.03 Å². The van der Waals surface area contributed by atoms with Crippen LogP contribution in [0.15, 0.2) is 6.07 Å². The number of fused-ring (bicyclic) bond motifs is 1. The summed E-state index contributed by atoms with van der Waals surface area (Å²) in [5.74, 6) is 0.506. The molecule has 3 aliphatic rings. The summed E-state index contributed by atoms with van der Waals surface area (Å²) in [5, 5.41) is 7.47. The fourth-order valence-electron chi connectivity index (χ4n) is 3.85. The molecule has 0 spiro atoms. The summed E-state index contributed by atoms with van der Waals surface area (Å²) in [7, 11) is 1.75. The van der Waals surface area contributed by atoms with Gasteiger partial charge in [0.1, 0.15) is 0 Å². The van der Waals surface area contributed by atoms with Gasteiger partial charge in [-0.1, -0.05) is 6.42 Å². The van der Waals surface area contributed by atoms with E-state index in [1.54, 1.807) is 11.9 Å². The Hall–Kier alpha value is -2.13. The summed E-state index contributed by atoms with van der Waals surface area (Å²) < 4.78 is 12.9. The third-order valence-corrected chi connectivity index (χ3v) is 5.74. The largest absolute Gasteiger partial charge is 0.376 e. The van der Waals surface area contributed by atoms with Crippen molar-refractivity contribution in [1.29, 1.82) is 0 Å². The molecule has 154 valence electrons. The number of ether oxygens (including phenoxy) is 2. The molecule has 0 bridgehead atoms. The lowest BCUT2D eigenvalue weighted by atomic mass is 9.84. The summed E-state index contributed by atoms with van der Waals surface area (Å²) >= 11 is 0. The highest BCUT2D eigenvalue weighted by Gasteiger charge is 2.31. The fourth-order valence-corrected chi connectivity index (χ4v) is 3.85. The molecule has 1 aromatic heterocycles. The Balaban J connectivity index is 1.26. The molecule has 1 aliphatic carbocycles. The van der Waals surface area contributed by atoms with Crippen LogP contribution in [0, 0.1) is 5.92 Å². The van der Waals surface area contributed by atoms with Crippen molar-refractivity contribution < 1.29 is 19.1 Å². The molecule has 28 heavy (non-hydrogen) atoms. The molecule has 1 N–H and O–H groups in total. The minimum Gasteiger partial charge on any atom is -0.376 e. The maximum atomic E-state index is 12.5. The summed E-state index contributed by atoms with van der Waals surface area (Å²) in [6, 6.07) is 1.82. The number of carbonyl (C=O) groups excluding carboxylic acids is 2. The molecule has 1 aromatic rings. The first-order chi connectivity index (χ1) is 13.6. The SMILES string of the molecule is CN(C[C@@H]1COCCO1)C(=O)NCc1cc2n(n1)CCN(C(=O)C1CCC1)C2. The van der Waals surface area contributed by atoms with E-state index in [-0.39, 0.29) is 24.0 Å². The standard InChI is InChI=1S/C19H29N5O4/c1-22(12-17-13-27-7-8-28-17)19(26)20-10-15-9-16-11-23(5-6-24(16)21-15)18(25)14-3-2-4-14/h9,14,17H,2-8,10-13H2,1H3,(H,20,26)/t17-/m1/s1. The average Bonchev–Trinajstić information content (AvgIpc) is 3.07. The van der Waals surface area contributed by atoms with Crippen LogP contribution in [0.3, 0.4) is 0 Å². The van der Waals surface area contributed by atoms with Gasteiger partial charge in [-0.2, -0.15) is 5.10 Å². The molecule has 0 aromatic carbocycles. The number of nitrogens with zero attached hydrogens (tertiary/aromatic N) is 4. The lowest BCUT2D eigenvalue weighted by molar-refractivity contribution is -0.139. The molecule has 2 fully saturated rings. The van der Waals surface area contributed by atoms with Gasteiger partial charge in [0.15, 0.2) is 0 Å². The van der Waals surface area contributed by atoms with Gasteiger partial charge in [-0.05, 0) is 18.9 Å². The van der Waals surface area contributed by atoms with E-state index in [1.807, 2.05) is 15.6 Å². The smallest absolute Gasteiger partial charge is 0.317 e. The van der Waals surface area contributed by atoms with Crippen molar-refractivity contribution in [2.45, 2.75) is 45.0 Å². The highest BCUT2D eigenvalue weighted by molar-refractivity contribution is 5.79. The first-order valence-corrected chi connectivity index (χ1v) is 10.1. The van der Waals surface area contributed by atoms with Crippen molar-refractivity contribution >= 4 is 11.9 Å². The van der Waals surface area contributed by atoms with E-state index in [1.165, 1.54) is 6.42 Å². The highest BCUT2D eigenvalue weighted by atomic mass is 16.6. The van der Waals surface area contributed by atoms with E-state index in [0.717, 1.165) is 24.2 Å². The second-order valence-corrected chi connectivity index (χ2v) is 7.84. The van der Waals surface area contributed by atoms with Gasteiger partial charge in [0.25, 0.3) is 0 Å². The summed E-state index contributed by atoms with van der Waals surface area (Å²) in [5.41, 5.74) is 1.84. The van der Waals surface area contributed by atoms with Crippen LogP contribution in [-0.4, -0.2) is 77.6 Å². The Morgan fingerprint density at radius 3 is 2.89 bits per heavy atom. The quantitative estimate of drug-likeness (QED) is 0.793. The van der Waals surface area contributed by atoms with Gasteiger partial charge in [-0.25, -0.2) is 4.79 Å².